The van der Waals surface area contributed by atoms with E-state index in [4.69, 9.17) is 18.9 Å². The van der Waals surface area contributed by atoms with Crippen LogP contribution in [0, 0.1) is 5.92 Å². The minimum Gasteiger partial charge on any atom is -0.546 e. The summed E-state index contributed by atoms with van der Waals surface area (Å²) in [6.07, 6.45) is 1.34. The Hall–Kier alpha value is -2.90. The van der Waals surface area contributed by atoms with Gasteiger partial charge in [-0.3, -0.25) is 0 Å². The largest absolute Gasteiger partial charge is 1.00 e. The first-order valence-corrected chi connectivity index (χ1v) is 11.3. The number of benzene rings is 3. The summed E-state index contributed by atoms with van der Waals surface area (Å²) in [6.45, 7) is 0.152. The van der Waals surface area contributed by atoms with Crippen LogP contribution in [0.2, 0.25) is 0 Å². The van der Waals surface area contributed by atoms with Gasteiger partial charge in [0.05, 0.1) is 5.97 Å². The van der Waals surface area contributed by atoms with Gasteiger partial charge in [-0.15, -0.1) is 0 Å². The van der Waals surface area contributed by atoms with Crippen molar-refractivity contribution in [1.29, 1.82) is 0 Å². The van der Waals surface area contributed by atoms with Crippen molar-refractivity contribution in [2.24, 2.45) is 5.92 Å². The summed E-state index contributed by atoms with van der Waals surface area (Å²) in [5, 5.41) is 10.7. The third kappa shape index (κ3) is 6.03. The Morgan fingerprint density at radius 1 is 0.971 bits per heavy atom. The smallest absolute Gasteiger partial charge is 0.546 e. The Balaban J connectivity index is 0.00000289. The number of ether oxygens (including phenoxy) is 2. The van der Waals surface area contributed by atoms with E-state index in [0.29, 0.717) is 18.2 Å². The molecule has 7 heteroatoms. The van der Waals surface area contributed by atoms with Crippen LogP contribution in [0.5, 0.6) is 5.75 Å². The third-order valence-corrected chi connectivity index (χ3v) is 5.94. The quantitative estimate of drug-likeness (QED) is 0.358. The van der Waals surface area contributed by atoms with Crippen molar-refractivity contribution in [3.63, 3.8) is 0 Å². The Labute approximate surface area is 226 Å². The molecule has 3 aromatic carbocycles. The molecule has 6 nitrogen and oxygen atoms in total. The number of rotatable bonds is 8. The number of hydrogen-bond donors (Lipinski definition) is 0. The van der Waals surface area contributed by atoms with Crippen LogP contribution in [0.1, 0.15) is 24.0 Å². The number of aliphatic carboxylic acids is 1. The van der Waals surface area contributed by atoms with Crippen LogP contribution in [0.15, 0.2) is 89.3 Å². The molecule has 0 spiro atoms. The Kier molecular flexibility index (Phi) is 8.42. The molecule has 5 rings (SSSR count). The first kappa shape index (κ1) is 25.2. The minimum absolute atomic E-state index is 0. The molecule has 1 aliphatic rings. The summed E-state index contributed by atoms with van der Waals surface area (Å²) in [5.74, 6) is 0.730. The SMILES string of the molecule is O=C([O-])COc1cccc(CC2CCOC2c2nc(-c3ccccc3)c(-c3ccccc3)o2)c1.[Na+]. The van der Waals surface area contributed by atoms with Crippen molar-refractivity contribution < 1.29 is 53.3 Å². The molecule has 1 fully saturated rings. The molecule has 4 aromatic rings. The van der Waals surface area contributed by atoms with E-state index in [-0.39, 0.29) is 41.6 Å². The van der Waals surface area contributed by atoms with E-state index in [1.54, 1.807) is 6.07 Å². The van der Waals surface area contributed by atoms with Crippen LogP contribution in [0.4, 0.5) is 0 Å². The summed E-state index contributed by atoms with van der Waals surface area (Å²) >= 11 is 0. The van der Waals surface area contributed by atoms with E-state index in [1.807, 2.05) is 78.9 Å². The summed E-state index contributed by atoms with van der Waals surface area (Å²) in [6, 6.07) is 27.4. The van der Waals surface area contributed by atoms with Gasteiger partial charge in [0.15, 0.2) is 5.76 Å². The van der Waals surface area contributed by atoms with E-state index in [9.17, 15) is 9.90 Å². The van der Waals surface area contributed by atoms with Gasteiger partial charge in [0.2, 0.25) is 5.89 Å². The molecule has 1 aliphatic heterocycles. The topological polar surface area (TPSA) is 84.6 Å². The molecule has 2 atom stereocenters. The molecule has 0 N–H and O–H groups in total. The zero-order valence-electron chi connectivity index (χ0n) is 19.6. The molecule has 0 amide bonds. The maximum atomic E-state index is 10.7. The Morgan fingerprint density at radius 3 is 2.40 bits per heavy atom. The number of carboxylic acids is 1. The van der Waals surface area contributed by atoms with Crippen LogP contribution in [-0.2, 0) is 16.0 Å². The first-order valence-electron chi connectivity index (χ1n) is 11.3. The van der Waals surface area contributed by atoms with Crippen LogP contribution in [-0.4, -0.2) is 24.2 Å². The third-order valence-electron chi connectivity index (χ3n) is 5.94. The molecule has 0 aliphatic carbocycles. The standard InChI is InChI=1S/C28H25NO5.Na/c30-24(31)18-33-23-13-7-8-19(17-23)16-22-14-15-32-27(22)28-29-25(20-9-3-1-4-10-20)26(34-28)21-11-5-2-6-12-21;/h1-13,17,22,27H,14-16,18H2,(H,30,31);/q;+1/p-1. The van der Waals surface area contributed by atoms with Crippen molar-refractivity contribution >= 4 is 5.97 Å². The molecule has 0 saturated carbocycles. The number of aromatic nitrogens is 1. The average molecular weight is 477 g/mol. The second kappa shape index (κ2) is 11.7. The summed E-state index contributed by atoms with van der Waals surface area (Å²) in [7, 11) is 0. The maximum Gasteiger partial charge on any atom is 1.00 e. The normalized spacial score (nSPS) is 17.0. The second-order valence-corrected chi connectivity index (χ2v) is 8.31. The molecule has 1 aromatic heterocycles. The Bertz CT molecular complexity index is 1200. The van der Waals surface area contributed by atoms with E-state index in [0.717, 1.165) is 41.0 Å². The van der Waals surface area contributed by atoms with Crippen LogP contribution in [0.25, 0.3) is 22.6 Å². The van der Waals surface area contributed by atoms with Gasteiger partial charge in [-0.05, 0) is 30.5 Å². The van der Waals surface area contributed by atoms with Gasteiger partial charge in [-0.25, -0.2) is 4.98 Å². The summed E-state index contributed by atoms with van der Waals surface area (Å²) in [5.41, 5.74) is 3.79. The Morgan fingerprint density at radius 2 is 1.69 bits per heavy atom. The molecular weight excluding hydrogens is 453 g/mol. The molecule has 35 heavy (non-hydrogen) atoms. The van der Waals surface area contributed by atoms with Gasteiger partial charge in [0, 0.05) is 23.7 Å². The van der Waals surface area contributed by atoms with Crippen LogP contribution in [0.3, 0.4) is 0 Å². The number of hydrogen-bond acceptors (Lipinski definition) is 6. The van der Waals surface area contributed by atoms with Crippen molar-refractivity contribution in [2.75, 3.05) is 13.2 Å². The second-order valence-electron chi connectivity index (χ2n) is 8.31. The molecular formula is C28H24NNaO5. The zero-order valence-corrected chi connectivity index (χ0v) is 21.6. The molecule has 1 saturated heterocycles. The van der Waals surface area contributed by atoms with Gasteiger partial charge in [0.25, 0.3) is 0 Å². The number of carboxylic acid groups (broad SMARTS) is 1. The molecule has 2 heterocycles. The van der Waals surface area contributed by atoms with Crippen molar-refractivity contribution in [1.82, 2.24) is 4.98 Å². The fraction of sp³-hybridized carbons (Fsp3) is 0.214. The zero-order chi connectivity index (χ0) is 23.3. The van der Waals surface area contributed by atoms with Gasteiger partial charge in [-0.1, -0.05) is 72.8 Å². The van der Waals surface area contributed by atoms with E-state index in [1.165, 1.54) is 0 Å². The van der Waals surface area contributed by atoms with Gasteiger partial charge < -0.3 is 23.8 Å². The summed E-state index contributed by atoms with van der Waals surface area (Å²) in [4.78, 5) is 15.6. The van der Waals surface area contributed by atoms with Gasteiger partial charge in [-0.2, -0.15) is 0 Å². The molecule has 0 bridgehead atoms. The fourth-order valence-corrected chi connectivity index (χ4v) is 4.36. The predicted molar refractivity (Wildman–Crippen MR) is 125 cm³/mol. The van der Waals surface area contributed by atoms with Crippen LogP contribution < -0.4 is 39.4 Å². The number of nitrogens with zero attached hydrogens (tertiary/aromatic N) is 1. The molecule has 2 unspecified atom stereocenters. The number of oxazole rings is 1. The number of carbonyl (C=O) groups excluding carboxylic acids is 1. The van der Waals surface area contributed by atoms with Crippen LogP contribution >= 0.6 is 0 Å². The first-order chi connectivity index (χ1) is 16.7. The average Bonchev–Trinajstić information content (AvgIpc) is 3.51. The molecule has 0 radical (unpaired) electrons. The van der Waals surface area contributed by atoms with E-state index >= 15 is 0 Å². The van der Waals surface area contributed by atoms with Crippen molar-refractivity contribution in [3.05, 3.63) is 96.4 Å². The van der Waals surface area contributed by atoms with E-state index < -0.39 is 12.6 Å². The summed E-state index contributed by atoms with van der Waals surface area (Å²) < 4.78 is 17.7. The predicted octanol–water partition coefficient (Wildman–Crippen LogP) is 1.46. The van der Waals surface area contributed by atoms with Crippen molar-refractivity contribution in [2.45, 2.75) is 18.9 Å². The van der Waals surface area contributed by atoms with Crippen molar-refractivity contribution in [3.8, 4) is 28.3 Å². The van der Waals surface area contributed by atoms with Gasteiger partial charge in [0.1, 0.15) is 24.2 Å². The maximum absolute atomic E-state index is 10.7. The fourth-order valence-electron chi connectivity index (χ4n) is 4.36. The van der Waals surface area contributed by atoms with E-state index in [2.05, 4.69) is 0 Å². The van der Waals surface area contributed by atoms with Gasteiger partial charge >= 0.3 is 29.6 Å². The monoisotopic (exact) mass is 477 g/mol. The number of carbonyl (C=O) groups is 1. The molecule has 172 valence electrons. The minimum atomic E-state index is -1.25.